The molecule has 0 aromatic carbocycles. The maximum Gasteiger partial charge on any atom is 0.0658 e. The molecular weight excluding hydrogens is 258 g/mol. The summed E-state index contributed by atoms with van der Waals surface area (Å²) in [6.45, 7) is 9.22. The van der Waals surface area contributed by atoms with Crippen LogP contribution in [-0.2, 0) is 4.74 Å². The van der Waals surface area contributed by atoms with E-state index in [-0.39, 0.29) is 5.60 Å². The Balaban J connectivity index is 2.37. The predicted molar refractivity (Wildman–Crippen MR) is 92.9 cm³/mol. The molecule has 0 aromatic heterocycles. The normalized spacial score (nSPS) is 17.3. The first-order chi connectivity index (χ1) is 10.2. The maximum atomic E-state index is 6.60. The van der Waals surface area contributed by atoms with Gasteiger partial charge in [0.2, 0.25) is 0 Å². The number of hydrogen-bond donors (Lipinski definition) is 1. The van der Waals surface area contributed by atoms with Crippen LogP contribution in [0.25, 0.3) is 0 Å². The Kier molecular flexibility index (Phi) is 10.4. The first-order valence-electron chi connectivity index (χ1n) is 9.58. The molecule has 0 atom stereocenters. The Bertz CT molecular complexity index is 224. The molecule has 126 valence electrons. The van der Waals surface area contributed by atoms with Gasteiger partial charge in [0.15, 0.2) is 0 Å². The van der Waals surface area contributed by atoms with Gasteiger partial charge in [0, 0.05) is 0 Å². The first-order valence-corrected chi connectivity index (χ1v) is 9.58. The van der Waals surface area contributed by atoms with E-state index in [2.05, 4.69) is 26.1 Å². The third kappa shape index (κ3) is 8.83. The number of rotatable bonds is 12. The van der Waals surface area contributed by atoms with E-state index in [1.807, 2.05) is 0 Å². The van der Waals surface area contributed by atoms with Crippen LogP contribution < -0.4 is 5.32 Å². The SMILES string of the molecule is CCCCCCC(C)(CCCCCC)OC1CCNCC1. The molecule has 0 unspecified atom stereocenters. The molecule has 0 spiro atoms. The van der Waals surface area contributed by atoms with Crippen molar-refractivity contribution in [3.8, 4) is 0 Å². The van der Waals surface area contributed by atoms with Crippen LogP contribution in [0.15, 0.2) is 0 Å². The van der Waals surface area contributed by atoms with E-state index < -0.39 is 0 Å². The second-order valence-corrected chi connectivity index (χ2v) is 7.14. The fraction of sp³-hybridized carbons (Fsp3) is 1.00. The fourth-order valence-corrected chi connectivity index (χ4v) is 3.41. The number of piperidine rings is 1. The third-order valence-electron chi connectivity index (χ3n) is 4.86. The molecule has 1 N–H and O–H groups in total. The number of ether oxygens (including phenoxy) is 1. The lowest BCUT2D eigenvalue weighted by Gasteiger charge is -2.36. The lowest BCUT2D eigenvalue weighted by atomic mass is 9.90. The second kappa shape index (κ2) is 11.5. The molecule has 0 bridgehead atoms. The maximum absolute atomic E-state index is 6.60. The van der Waals surface area contributed by atoms with Gasteiger partial charge in [-0.1, -0.05) is 65.2 Å². The highest BCUT2D eigenvalue weighted by molar-refractivity contribution is 4.80. The zero-order valence-electron chi connectivity index (χ0n) is 14.9. The molecule has 2 nitrogen and oxygen atoms in total. The molecule has 1 heterocycles. The summed E-state index contributed by atoms with van der Waals surface area (Å²) < 4.78 is 6.60. The summed E-state index contributed by atoms with van der Waals surface area (Å²) in [5.74, 6) is 0. The Hall–Kier alpha value is -0.0800. The molecule has 1 aliphatic heterocycles. The van der Waals surface area contributed by atoms with Crippen molar-refractivity contribution in [1.82, 2.24) is 5.32 Å². The van der Waals surface area contributed by atoms with E-state index in [0.29, 0.717) is 6.10 Å². The summed E-state index contributed by atoms with van der Waals surface area (Å²) in [6.07, 6.45) is 16.2. The van der Waals surface area contributed by atoms with Gasteiger partial charge in [0.05, 0.1) is 11.7 Å². The molecule has 0 amide bonds. The third-order valence-corrected chi connectivity index (χ3v) is 4.86. The van der Waals surface area contributed by atoms with Crippen LogP contribution in [-0.4, -0.2) is 24.8 Å². The first kappa shape index (κ1) is 19.0. The largest absolute Gasteiger partial charge is 0.372 e. The fourth-order valence-electron chi connectivity index (χ4n) is 3.41. The van der Waals surface area contributed by atoms with Gasteiger partial charge < -0.3 is 10.1 Å². The second-order valence-electron chi connectivity index (χ2n) is 7.14. The van der Waals surface area contributed by atoms with Gasteiger partial charge in [0.1, 0.15) is 0 Å². The average Bonchev–Trinajstić information content (AvgIpc) is 2.49. The van der Waals surface area contributed by atoms with Gasteiger partial charge in [-0.15, -0.1) is 0 Å². The quantitative estimate of drug-likeness (QED) is 0.483. The van der Waals surface area contributed by atoms with E-state index in [9.17, 15) is 0 Å². The molecule has 0 aromatic rings. The summed E-state index contributed by atoms with van der Waals surface area (Å²) in [5, 5.41) is 3.44. The van der Waals surface area contributed by atoms with Gasteiger partial charge in [0.25, 0.3) is 0 Å². The zero-order chi connectivity index (χ0) is 15.4. The Labute approximate surface area is 133 Å². The molecule has 0 saturated carbocycles. The van der Waals surface area contributed by atoms with Crippen LogP contribution in [0.4, 0.5) is 0 Å². The van der Waals surface area contributed by atoms with E-state index in [4.69, 9.17) is 4.74 Å². The van der Waals surface area contributed by atoms with Crippen LogP contribution in [0.5, 0.6) is 0 Å². The number of nitrogens with one attached hydrogen (secondary N) is 1. The summed E-state index contributed by atoms with van der Waals surface area (Å²) in [5.41, 5.74) is 0.128. The van der Waals surface area contributed by atoms with Crippen LogP contribution >= 0.6 is 0 Å². The molecule has 0 radical (unpaired) electrons. The van der Waals surface area contributed by atoms with E-state index in [0.717, 1.165) is 13.1 Å². The Morgan fingerprint density at radius 3 is 1.86 bits per heavy atom. The number of unbranched alkanes of at least 4 members (excludes halogenated alkanes) is 6. The van der Waals surface area contributed by atoms with Crippen molar-refractivity contribution in [2.24, 2.45) is 0 Å². The lowest BCUT2D eigenvalue weighted by Crippen LogP contribution is -2.39. The smallest absolute Gasteiger partial charge is 0.0658 e. The predicted octanol–water partition coefficient (Wildman–Crippen LogP) is 5.45. The van der Waals surface area contributed by atoms with Gasteiger partial charge >= 0.3 is 0 Å². The summed E-state index contributed by atoms with van der Waals surface area (Å²) >= 11 is 0. The van der Waals surface area contributed by atoms with E-state index >= 15 is 0 Å². The van der Waals surface area contributed by atoms with Crippen molar-refractivity contribution < 1.29 is 4.74 Å². The summed E-state index contributed by atoms with van der Waals surface area (Å²) in [6, 6.07) is 0. The summed E-state index contributed by atoms with van der Waals surface area (Å²) in [4.78, 5) is 0. The topological polar surface area (TPSA) is 21.3 Å². The Morgan fingerprint density at radius 2 is 1.38 bits per heavy atom. The van der Waals surface area contributed by atoms with Crippen molar-refractivity contribution in [1.29, 1.82) is 0 Å². The lowest BCUT2D eigenvalue weighted by molar-refractivity contribution is -0.103. The molecule has 0 aliphatic carbocycles. The monoisotopic (exact) mass is 297 g/mol. The summed E-state index contributed by atoms with van der Waals surface area (Å²) in [7, 11) is 0. The molecular formula is C19H39NO. The van der Waals surface area contributed by atoms with Crippen LogP contribution in [0.3, 0.4) is 0 Å². The van der Waals surface area contributed by atoms with Gasteiger partial charge in [-0.2, -0.15) is 0 Å². The van der Waals surface area contributed by atoms with E-state index in [1.165, 1.54) is 77.0 Å². The Morgan fingerprint density at radius 1 is 0.857 bits per heavy atom. The van der Waals surface area contributed by atoms with Gasteiger partial charge in [-0.25, -0.2) is 0 Å². The average molecular weight is 298 g/mol. The van der Waals surface area contributed by atoms with Crippen molar-refractivity contribution in [2.45, 2.75) is 110 Å². The highest BCUT2D eigenvalue weighted by Crippen LogP contribution is 2.29. The minimum Gasteiger partial charge on any atom is -0.372 e. The molecule has 1 fully saturated rings. The van der Waals surface area contributed by atoms with Crippen molar-refractivity contribution >= 4 is 0 Å². The zero-order valence-corrected chi connectivity index (χ0v) is 14.9. The number of hydrogen-bond acceptors (Lipinski definition) is 2. The van der Waals surface area contributed by atoms with Crippen molar-refractivity contribution in [3.05, 3.63) is 0 Å². The van der Waals surface area contributed by atoms with Crippen molar-refractivity contribution in [3.63, 3.8) is 0 Å². The molecule has 2 heteroatoms. The molecule has 21 heavy (non-hydrogen) atoms. The van der Waals surface area contributed by atoms with Crippen LogP contribution in [0.2, 0.25) is 0 Å². The molecule has 1 aliphatic rings. The highest BCUT2D eigenvalue weighted by Gasteiger charge is 2.28. The standard InChI is InChI=1S/C19H39NO/c1-4-6-8-10-14-19(3,15-11-9-7-5-2)21-18-12-16-20-17-13-18/h18,20H,4-17H2,1-3H3. The van der Waals surface area contributed by atoms with Gasteiger partial charge in [-0.05, 0) is 45.7 Å². The minimum atomic E-state index is 0.128. The van der Waals surface area contributed by atoms with E-state index in [1.54, 1.807) is 0 Å². The molecule has 1 saturated heterocycles. The van der Waals surface area contributed by atoms with Crippen molar-refractivity contribution in [2.75, 3.05) is 13.1 Å². The van der Waals surface area contributed by atoms with Crippen LogP contribution in [0.1, 0.15) is 97.8 Å². The van der Waals surface area contributed by atoms with Gasteiger partial charge in [-0.3, -0.25) is 0 Å². The van der Waals surface area contributed by atoms with Crippen LogP contribution in [0, 0.1) is 0 Å². The molecule has 1 rings (SSSR count). The minimum absolute atomic E-state index is 0.128. The highest BCUT2D eigenvalue weighted by atomic mass is 16.5.